The maximum Gasteiger partial charge on any atom is 0.0514 e. The third kappa shape index (κ3) is 3.57. The van der Waals surface area contributed by atoms with Gasteiger partial charge in [0.05, 0.1) is 6.10 Å². The molecule has 1 heteroatoms. The second-order valence-corrected chi connectivity index (χ2v) is 4.58. The van der Waals surface area contributed by atoms with Crippen LogP contribution in [-0.4, -0.2) is 11.2 Å². The summed E-state index contributed by atoms with van der Waals surface area (Å²) in [7, 11) is 0. The molecule has 0 radical (unpaired) electrons. The number of aliphatic hydroxyl groups is 1. The van der Waals surface area contributed by atoms with Crippen molar-refractivity contribution in [2.45, 2.75) is 58.5 Å². The lowest BCUT2D eigenvalue weighted by atomic mass is 9.91. The maximum absolute atomic E-state index is 9.20. The summed E-state index contributed by atoms with van der Waals surface area (Å²) >= 11 is 0. The van der Waals surface area contributed by atoms with Crippen LogP contribution in [0.15, 0.2) is 0 Å². The zero-order valence-corrected chi connectivity index (χ0v) is 8.42. The van der Waals surface area contributed by atoms with Gasteiger partial charge in [0.25, 0.3) is 0 Å². The van der Waals surface area contributed by atoms with Gasteiger partial charge < -0.3 is 5.11 Å². The number of hydrogen-bond acceptors (Lipinski definition) is 1. The van der Waals surface area contributed by atoms with Crippen molar-refractivity contribution in [2.75, 3.05) is 0 Å². The fraction of sp³-hybridized carbons (Fsp3) is 1.00. The van der Waals surface area contributed by atoms with Crippen LogP contribution in [0.25, 0.3) is 0 Å². The van der Waals surface area contributed by atoms with Gasteiger partial charge in [0.15, 0.2) is 0 Å². The van der Waals surface area contributed by atoms with Crippen LogP contribution in [0, 0.1) is 11.8 Å². The molecule has 1 aliphatic carbocycles. The number of aliphatic hydroxyl groups excluding tert-OH is 1. The molecule has 1 fully saturated rings. The smallest absolute Gasteiger partial charge is 0.0514 e. The highest BCUT2D eigenvalue weighted by Gasteiger charge is 2.18. The third-order valence-corrected chi connectivity index (χ3v) is 2.95. The molecule has 1 rings (SSSR count). The summed E-state index contributed by atoms with van der Waals surface area (Å²) in [4.78, 5) is 0. The van der Waals surface area contributed by atoms with E-state index in [1.165, 1.54) is 32.1 Å². The van der Waals surface area contributed by atoms with Crippen LogP contribution in [0.1, 0.15) is 52.4 Å². The molecule has 72 valence electrons. The van der Waals surface area contributed by atoms with E-state index in [2.05, 4.69) is 6.92 Å². The summed E-state index contributed by atoms with van der Waals surface area (Å²) in [6, 6.07) is 0. The van der Waals surface area contributed by atoms with E-state index in [1.54, 1.807) is 0 Å². The van der Waals surface area contributed by atoms with Crippen LogP contribution in [0.3, 0.4) is 0 Å². The standard InChI is InChI=1S/C11H22O/c1-9(7-10(2)12)8-11-5-3-4-6-11/h9-12H,3-8H2,1-2H3. The van der Waals surface area contributed by atoms with E-state index in [4.69, 9.17) is 0 Å². The summed E-state index contributed by atoms with van der Waals surface area (Å²) in [5.41, 5.74) is 0. The van der Waals surface area contributed by atoms with Gasteiger partial charge in [-0.1, -0.05) is 32.6 Å². The van der Waals surface area contributed by atoms with Crippen molar-refractivity contribution < 1.29 is 5.11 Å². The lowest BCUT2D eigenvalue weighted by Crippen LogP contribution is -2.10. The Morgan fingerprint density at radius 2 is 1.83 bits per heavy atom. The minimum Gasteiger partial charge on any atom is -0.393 e. The quantitative estimate of drug-likeness (QED) is 0.687. The zero-order valence-electron chi connectivity index (χ0n) is 8.42. The van der Waals surface area contributed by atoms with Crippen LogP contribution in [-0.2, 0) is 0 Å². The lowest BCUT2D eigenvalue weighted by molar-refractivity contribution is 0.156. The molecule has 1 aliphatic rings. The molecule has 0 bridgehead atoms. The van der Waals surface area contributed by atoms with Crippen molar-refractivity contribution >= 4 is 0 Å². The molecular weight excluding hydrogens is 148 g/mol. The second kappa shape index (κ2) is 4.86. The molecule has 1 nitrogen and oxygen atoms in total. The monoisotopic (exact) mass is 170 g/mol. The number of rotatable bonds is 4. The molecule has 0 spiro atoms. The molecule has 12 heavy (non-hydrogen) atoms. The van der Waals surface area contributed by atoms with Crippen molar-refractivity contribution in [2.24, 2.45) is 11.8 Å². The van der Waals surface area contributed by atoms with Crippen molar-refractivity contribution in [3.05, 3.63) is 0 Å². The average Bonchev–Trinajstić information content (AvgIpc) is 2.37. The molecule has 0 amide bonds. The van der Waals surface area contributed by atoms with Crippen molar-refractivity contribution in [3.63, 3.8) is 0 Å². The topological polar surface area (TPSA) is 20.2 Å². The van der Waals surface area contributed by atoms with Gasteiger partial charge in [0.1, 0.15) is 0 Å². The van der Waals surface area contributed by atoms with Crippen molar-refractivity contribution in [3.8, 4) is 0 Å². The van der Waals surface area contributed by atoms with Gasteiger partial charge in [0.2, 0.25) is 0 Å². The second-order valence-electron chi connectivity index (χ2n) is 4.58. The molecule has 0 aromatic rings. The first kappa shape index (κ1) is 10.0. The highest BCUT2D eigenvalue weighted by Crippen LogP contribution is 2.31. The Labute approximate surface area is 76.2 Å². The van der Waals surface area contributed by atoms with E-state index in [1.807, 2.05) is 6.92 Å². The Bertz CT molecular complexity index is 114. The Hall–Kier alpha value is -0.0400. The minimum absolute atomic E-state index is 0.110. The van der Waals surface area contributed by atoms with Crippen LogP contribution >= 0.6 is 0 Å². The summed E-state index contributed by atoms with van der Waals surface area (Å²) < 4.78 is 0. The number of hydrogen-bond donors (Lipinski definition) is 1. The van der Waals surface area contributed by atoms with E-state index in [0.29, 0.717) is 5.92 Å². The third-order valence-electron chi connectivity index (χ3n) is 2.95. The summed E-state index contributed by atoms with van der Waals surface area (Å²) in [5, 5.41) is 9.20. The molecule has 0 saturated heterocycles. The predicted octanol–water partition coefficient (Wildman–Crippen LogP) is 2.97. The average molecular weight is 170 g/mol. The van der Waals surface area contributed by atoms with E-state index in [0.717, 1.165) is 12.3 Å². The maximum atomic E-state index is 9.20. The highest BCUT2D eigenvalue weighted by atomic mass is 16.3. The summed E-state index contributed by atoms with van der Waals surface area (Å²) in [6.07, 6.45) is 7.95. The molecule has 0 aromatic heterocycles. The van der Waals surface area contributed by atoms with Crippen LogP contribution in [0.4, 0.5) is 0 Å². The lowest BCUT2D eigenvalue weighted by Gasteiger charge is -2.17. The van der Waals surface area contributed by atoms with Gasteiger partial charge in [-0.2, -0.15) is 0 Å². The summed E-state index contributed by atoms with van der Waals surface area (Å²) in [6.45, 7) is 4.16. The van der Waals surface area contributed by atoms with E-state index >= 15 is 0 Å². The fourth-order valence-corrected chi connectivity index (χ4v) is 2.49. The van der Waals surface area contributed by atoms with E-state index in [9.17, 15) is 5.11 Å². The molecule has 0 aromatic carbocycles. The van der Waals surface area contributed by atoms with Crippen LogP contribution in [0.2, 0.25) is 0 Å². The first-order valence-corrected chi connectivity index (χ1v) is 5.36. The van der Waals surface area contributed by atoms with Gasteiger partial charge in [0, 0.05) is 0 Å². The first-order valence-electron chi connectivity index (χ1n) is 5.36. The molecule has 0 aliphatic heterocycles. The van der Waals surface area contributed by atoms with E-state index in [-0.39, 0.29) is 6.10 Å². The van der Waals surface area contributed by atoms with Gasteiger partial charge in [-0.05, 0) is 31.6 Å². The summed E-state index contributed by atoms with van der Waals surface area (Å²) in [5.74, 6) is 1.69. The zero-order chi connectivity index (χ0) is 8.97. The SMILES string of the molecule is CC(O)CC(C)CC1CCCC1. The Kier molecular flexibility index (Phi) is 4.07. The van der Waals surface area contributed by atoms with Gasteiger partial charge >= 0.3 is 0 Å². The van der Waals surface area contributed by atoms with Crippen LogP contribution in [0.5, 0.6) is 0 Å². The molecular formula is C11H22O. The Morgan fingerprint density at radius 1 is 1.25 bits per heavy atom. The normalized spacial score (nSPS) is 24.2. The largest absolute Gasteiger partial charge is 0.393 e. The fourth-order valence-electron chi connectivity index (χ4n) is 2.49. The predicted molar refractivity (Wildman–Crippen MR) is 52.0 cm³/mol. The Morgan fingerprint density at radius 3 is 2.33 bits per heavy atom. The first-order chi connectivity index (χ1) is 5.68. The van der Waals surface area contributed by atoms with Crippen LogP contribution < -0.4 is 0 Å². The van der Waals surface area contributed by atoms with Gasteiger partial charge in [-0.25, -0.2) is 0 Å². The van der Waals surface area contributed by atoms with Gasteiger partial charge in [-0.15, -0.1) is 0 Å². The molecule has 2 atom stereocenters. The van der Waals surface area contributed by atoms with E-state index < -0.39 is 0 Å². The highest BCUT2D eigenvalue weighted by molar-refractivity contribution is 4.70. The minimum atomic E-state index is -0.110. The van der Waals surface area contributed by atoms with Crippen molar-refractivity contribution in [1.29, 1.82) is 0 Å². The molecule has 1 saturated carbocycles. The van der Waals surface area contributed by atoms with Gasteiger partial charge in [-0.3, -0.25) is 0 Å². The molecule has 2 unspecified atom stereocenters. The Balaban J connectivity index is 2.11. The molecule has 1 N–H and O–H groups in total. The van der Waals surface area contributed by atoms with Crippen molar-refractivity contribution in [1.82, 2.24) is 0 Å². The molecule has 0 heterocycles.